The molecule has 0 aliphatic rings. The average molecular weight is 319 g/mol. The van der Waals surface area contributed by atoms with E-state index in [0.717, 1.165) is 5.56 Å². The Balaban J connectivity index is 2.69. The maximum atomic E-state index is 12.4. The molecule has 1 aromatic carbocycles. The van der Waals surface area contributed by atoms with Crippen LogP contribution in [-0.2, 0) is 19.1 Å². The number of anilines is 1. The molecule has 0 fully saturated rings. The second-order valence-corrected chi connectivity index (χ2v) is 5.72. The van der Waals surface area contributed by atoms with Gasteiger partial charge in [-0.25, -0.2) is 4.79 Å². The van der Waals surface area contributed by atoms with Crippen LogP contribution in [0.25, 0.3) is 0 Å². The SMILES string of the molecule is C=CCOC(C)C(=O)OC(C(=O)Nc1ccc(C)cc1)C(C)C. The minimum absolute atomic E-state index is 0.156. The number of nitrogens with one attached hydrogen (secondary N) is 1. The van der Waals surface area contributed by atoms with Crippen molar-refractivity contribution in [1.82, 2.24) is 0 Å². The average Bonchev–Trinajstić information content (AvgIpc) is 2.51. The molecule has 5 nitrogen and oxygen atoms in total. The number of aryl methyl sites for hydroxylation is 1. The molecule has 1 rings (SSSR count). The third-order valence-electron chi connectivity index (χ3n) is 3.22. The molecule has 2 unspecified atom stereocenters. The number of hydrogen-bond donors (Lipinski definition) is 1. The van der Waals surface area contributed by atoms with Crippen LogP contribution in [0.15, 0.2) is 36.9 Å². The topological polar surface area (TPSA) is 64.6 Å². The van der Waals surface area contributed by atoms with Crippen molar-refractivity contribution in [2.75, 3.05) is 11.9 Å². The Morgan fingerprint density at radius 3 is 2.35 bits per heavy atom. The molecule has 1 N–H and O–H groups in total. The van der Waals surface area contributed by atoms with E-state index in [1.54, 1.807) is 13.0 Å². The highest BCUT2D eigenvalue weighted by Gasteiger charge is 2.28. The van der Waals surface area contributed by atoms with Gasteiger partial charge >= 0.3 is 5.97 Å². The highest BCUT2D eigenvalue weighted by Crippen LogP contribution is 2.14. The van der Waals surface area contributed by atoms with Gasteiger partial charge in [-0.2, -0.15) is 0 Å². The van der Waals surface area contributed by atoms with Crippen LogP contribution < -0.4 is 5.32 Å². The highest BCUT2D eigenvalue weighted by molar-refractivity contribution is 5.95. The number of carbonyl (C=O) groups excluding carboxylic acids is 2. The van der Waals surface area contributed by atoms with Gasteiger partial charge in [0.15, 0.2) is 12.2 Å². The van der Waals surface area contributed by atoms with Gasteiger partial charge in [0.1, 0.15) is 0 Å². The maximum absolute atomic E-state index is 12.4. The molecule has 0 aliphatic carbocycles. The van der Waals surface area contributed by atoms with Crippen LogP contribution in [-0.4, -0.2) is 30.7 Å². The zero-order valence-corrected chi connectivity index (χ0v) is 14.2. The number of rotatable bonds is 8. The predicted molar refractivity (Wildman–Crippen MR) is 90.1 cm³/mol. The summed E-state index contributed by atoms with van der Waals surface area (Å²) in [6.45, 7) is 11.0. The third kappa shape index (κ3) is 6.24. The lowest BCUT2D eigenvalue weighted by Gasteiger charge is -2.22. The fourth-order valence-electron chi connectivity index (χ4n) is 1.84. The van der Waals surface area contributed by atoms with Gasteiger partial charge in [0.2, 0.25) is 0 Å². The molecule has 0 aliphatic heterocycles. The van der Waals surface area contributed by atoms with Crippen molar-refractivity contribution in [2.24, 2.45) is 5.92 Å². The second-order valence-electron chi connectivity index (χ2n) is 5.72. The monoisotopic (exact) mass is 319 g/mol. The first-order chi connectivity index (χ1) is 10.8. The zero-order chi connectivity index (χ0) is 17.4. The lowest BCUT2D eigenvalue weighted by atomic mass is 10.1. The van der Waals surface area contributed by atoms with E-state index in [0.29, 0.717) is 5.69 Å². The first-order valence-corrected chi connectivity index (χ1v) is 7.65. The van der Waals surface area contributed by atoms with Crippen molar-refractivity contribution in [1.29, 1.82) is 0 Å². The first kappa shape index (κ1) is 18.9. The molecular formula is C18H25NO4. The van der Waals surface area contributed by atoms with E-state index >= 15 is 0 Å². The van der Waals surface area contributed by atoms with E-state index in [4.69, 9.17) is 9.47 Å². The van der Waals surface area contributed by atoms with Crippen molar-refractivity contribution in [2.45, 2.75) is 39.9 Å². The summed E-state index contributed by atoms with van der Waals surface area (Å²) in [4.78, 5) is 24.4. The van der Waals surface area contributed by atoms with E-state index in [1.165, 1.54) is 0 Å². The van der Waals surface area contributed by atoms with Crippen molar-refractivity contribution in [3.8, 4) is 0 Å². The largest absolute Gasteiger partial charge is 0.450 e. The lowest BCUT2D eigenvalue weighted by molar-refractivity contribution is -0.166. The van der Waals surface area contributed by atoms with E-state index < -0.39 is 18.2 Å². The predicted octanol–water partition coefficient (Wildman–Crippen LogP) is 3.09. The van der Waals surface area contributed by atoms with Crippen molar-refractivity contribution in [3.05, 3.63) is 42.5 Å². The van der Waals surface area contributed by atoms with Gasteiger partial charge in [-0.1, -0.05) is 37.6 Å². The van der Waals surface area contributed by atoms with Gasteiger partial charge in [0.25, 0.3) is 5.91 Å². The van der Waals surface area contributed by atoms with E-state index in [-0.39, 0.29) is 18.4 Å². The lowest BCUT2D eigenvalue weighted by Crippen LogP contribution is -2.39. The smallest absolute Gasteiger partial charge is 0.335 e. The standard InChI is InChI=1S/C18H25NO4/c1-6-11-22-14(5)18(21)23-16(12(2)3)17(20)19-15-9-7-13(4)8-10-15/h6-10,12,14,16H,1,11H2,2-5H3,(H,19,20). The Labute approximate surface area is 137 Å². The van der Waals surface area contributed by atoms with Crippen LogP contribution in [0.1, 0.15) is 26.3 Å². The molecule has 0 aromatic heterocycles. The van der Waals surface area contributed by atoms with Crippen LogP contribution in [0.4, 0.5) is 5.69 Å². The molecule has 0 bridgehead atoms. The van der Waals surface area contributed by atoms with Crippen LogP contribution in [0.2, 0.25) is 0 Å². The van der Waals surface area contributed by atoms with Crippen molar-refractivity contribution in [3.63, 3.8) is 0 Å². The summed E-state index contributed by atoms with van der Waals surface area (Å²) < 4.78 is 10.5. The summed E-state index contributed by atoms with van der Waals surface area (Å²) in [5.41, 5.74) is 1.77. The summed E-state index contributed by atoms with van der Waals surface area (Å²) in [6, 6.07) is 7.42. The molecule has 5 heteroatoms. The molecule has 0 radical (unpaired) electrons. The summed E-state index contributed by atoms with van der Waals surface area (Å²) in [6.07, 6.45) is -0.0756. The number of benzene rings is 1. The van der Waals surface area contributed by atoms with Gasteiger partial charge in [-0.3, -0.25) is 4.79 Å². The molecular weight excluding hydrogens is 294 g/mol. The summed E-state index contributed by atoms with van der Waals surface area (Å²) >= 11 is 0. The van der Waals surface area contributed by atoms with Gasteiger partial charge in [-0.15, -0.1) is 6.58 Å². The minimum Gasteiger partial charge on any atom is -0.450 e. The molecule has 1 aromatic rings. The Kier molecular flexibility index (Phi) is 7.48. The van der Waals surface area contributed by atoms with Crippen LogP contribution in [0, 0.1) is 12.8 Å². The number of carbonyl (C=O) groups is 2. The number of ether oxygens (including phenoxy) is 2. The van der Waals surface area contributed by atoms with Crippen LogP contribution >= 0.6 is 0 Å². The molecule has 1 amide bonds. The van der Waals surface area contributed by atoms with E-state index in [2.05, 4.69) is 11.9 Å². The Morgan fingerprint density at radius 1 is 1.22 bits per heavy atom. The third-order valence-corrected chi connectivity index (χ3v) is 3.22. The summed E-state index contributed by atoms with van der Waals surface area (Å²) in [5, 5.41) is 2.76. The normalized spacial score (nSPS) is 13.3. The summed E-state index contributed by atoms with van der Waals surface area (Å²) in [7, 11) is 0. The minimum atomic E-state index is -0.876. The van der Waals surface area contributed by atoms with Crippen molar-refractivity contribution < 1.29 is 19.1 Å². The number of hydrogen-bond acceptors (Lipinski definition) is 4. The highest BCUT2D eigenvalue weighted by atomic mass is 16.6. The number of esters is 1. The Bertz CT molecular complexity index is 536. The van der Waals surface area contributed by atoms with E-state index in [1.807, 2.05) is 45.0 Å². The van der Waals surface area contributed by atoms with Crippen LogP contribution in [0.5, 0.6) is 0 Å². The number of amides is 1. The van der Waals surface area contributed by atoms with Gasteiger partial charge in [0.05, 0.1) is 6.61 Å². The van der Waals surface area contributed by atoms with E-state index in [9.17, 15) is 9.59 Å². The molecule has 0 heterocycles. The van der Waals surface area contributed by atoms with Gasteiger partial charge in [0, 0.05) is 5.69 Å². The zero-order valence-electron chi connectivity index (χ0n) is 14.2. The van der Waals surface area contributed by atoms with Gasteiger partial charge in [-0.05, 0) is 31.9 Å². The maximum Gasteiger partial charge on any atom is 0.335 e. The second kappa shape index (κ2) is 9.10. The first-order valence-electron chi connectivity index (χ1n) is 7.65. The molecule has 126 valence electrons. The molecule has 0 saturated carbocycles. The Morgan fingerprint density at radius 2 is 1.83 bits per heavy atom. The van der Waals surface area contributed by atoms with Gasteiger partial charge < -0.3 is 14.8 Å². The Hall–Kier alpha value is -2.14. The van der Waals surface area contributed by atoms with Crippen LogP contribution in [0.3, 0.4) is 0 Å². The quantitative estimate of drug-likeness (QED) is 0.591. The molecule has 0 saturated heterocycles. The molecule has 0 spiro atoms. The fourth-order valence-corrected chi connectivity index (χ4v) is 1.84. The summed E-state index contributed by atoms with van der Waals surface area (Å²) in [5.74, 6) is -1.08. The van der Waals surface area contributed by atoms with Crippen molar-refractivity contribution >= 4 is 17.6 Å². The molecule has 23 heavy (non-hydrogen) atoms. The fraction of sp³-hybridized carbons (Fsp3) is 0.444. The molecule has 2 atom stereocenters.